The van der Waals surface area contributed by atoms with E-state index in [0.717, 1.165) is 26.1 Å². The van der Waals surface area contributed by atoms with E-state index in [2.05, 4.69) is 34.9 Å². The van der Waals surface area contributed by atoms with Crippen molar-refractivity contribution in [3.63, 3.8) is 0 Å². The van der Waals surface area contributed by atoms with Crippen LogP contribution in [0, 0.1) is 0 Å². The summed E-state index contributed by atoms with van der Waals surface area (Å²) < 4.78 is 5.49. The standard InChI is InChI=1S/C16H24N2O2/c1-13(2)18-15(19)17-12-16(8-10-20-11-9-16)14-6-4-3-5-7-14/h3-7,13H,8-12H2,1-2H3,(H2,17,18,19). The molecule has 1 aromatic rings. The van der Waals surface area contributed by atoms with E-state index in [1.54, 1.807) is 0 Å². The van der Waals surface area contributed by atoms with Gasteiger partial charge in [0.25, 0.3) is 0 Å². The predicted molar refractivity (Wildman–Crippen MR) is 79.8 cm³/mol. The zero-order valence-electron chi connectivity index (χ0n) is 12.3. The second kappa shape index (κ2) is 6.75. The number of benzene rings is 1. The Kier molecular flexibility index (Phi) is 5.01. The van der Waals surface area contributed by atoms with Crippen molar-refractivity contribution >= 4 is 6.03 Å². The van der Waals surface area contributed by atoms with Gasteiger partial charge in [-0.2, -0.15) is 0 Å². The van der Waals surface area contributed by atoms with Gasteiger partial charge in [-0.15, -0.1) is 0 Å². The summed E-state index contributed by atoms with van der Waals surface area (Å²) >= 11 is 0. The molecule has 1 saturated heterocycles. The molecule has 2 N–H and O–H groups in total. The number of carbonyl (C=O) groups excluding carboxylic acids is 1. The minimum absolute atomic E-state index is 0.00612. The Morgan fingerprint density at radius 3 is 2.50 bits per heavy atom. The molecule has 0 bridgehead atoms. The molecular formula is C16H24N2O2. The van der Waals surface area contributed by atoms with Crippen molar-refractivity contribution in [2.75, 3.05) is 19.8 Å². The van der Waals surface area contributed by atoms with Gasteiger partial charge in [-0.3, -0.25) is 0 Å². The molecular weight excluding hydrogens is 252 g/mol. The van der Waals surface area contributed by atoms with Crippen LogP contribution in [0.1, 0.15) is 32.3 Å². The predicted octanol–water partition coefficient (Wildman–Crippen LogP) is 2.44. The third-order valence-corrected chi connectivity index (χ3v) is 3.84. The average molecular weight is 276 g/mol. The topological polar surface area (TPSA) is 50.4 Å². The molecule has 20 heavy (non-hydrogen) atoms. The molecule has 4 nitrogen and oxygen atoms in total. The first-order chi connectivity index (χ1) is 9.62. The zero-order chi connectivity index (χ0) is 14.4. The van der Waals surface area contributed by atoms with E-state index in [1.165, 1.54) is 5.56 Å². The number of carbonyl (C=O) groups is 1. The van der Waals surface area contributed by atoms with Gasteiger partial charge >= 0.3 is 6.03 Å². The van der Waals surface area contributed by atoms with Crippen LogP contribution in [0.3, 0.4) is 0 Å². The molecule has 1 heterocycles. The fourth-order valence-electron chi connectivity index (χ4n) is 2.68. The zero-order valence-corrected chi connectivity index (χ0v) is 12.3. The molecule has 4 heteroatoms. The molecule has 2 amide bonds. The van der Waals surface area contributed by atoms with Crippen molar-refractivity contribution < 1.29 is 9.53 Å². The van der Waals surface area contributed by atoms with Crippen LogP contribution in [0.4, 0.5) is 4.79 Å². The van der Waals surface area contributed by atoms with Gasteiger partial charge < -0.3 is 15.4 Å². The summed E-state index contributed by atoms with van der Waals surface area (Å²) in [5, 5.41) is 5.89. The van der Waals surface area contributed by atoms with Gasteiger partial charge in [0.2, 0.25) is 0 Å². The van der Waals surface area contributed by atoms with Gasteiger partial charge in [-0.25, -0.2) is 4.79 Å². The molecule has 1 aliphatic heterocycles. The molecule has 0 atom stereocenters. The normalized spacial score (nSPS) is 17.8. The highest BCUT2D eigenvalue weighted by Crippen LogP contribution is 2.34. The Morgan fingerprint density at radius 2 is 1.90 bits per heavy atom. The van der Waals surface area contributed by atoms with Crippen LogP contribution in [0.2, 0.25) is 0 Å². The van der Waals surface area contributed by atoms with Crippen LogP contribution in [-0.4, -0.2) is 31.8 Å². The molecule has 0 saturated carbocycles. The summed E-state index contributed by atoms with van der Waals surface area (Å²) in [6.07, 6.45) is 1.89. The first-order valence-corrected chi connectivity index (χ1v) is 7.30. The van der Waals surface area contributed by atoms with E-state index in [-0.39, 0.29) is 17.5 Å². The Balaban J connectivity index is 2.06. The van der Waals surface area contributed by atoms with Crippen molar-refractivity contribution in [3.8, 4) is 0 Å². The van der Waals surface area contributed by atoms with E-state index in [4.69, 9.17) is 4.74 Å². The van der Waals surface area contributed by atoms with Crippen LogP contribution in [-0.2, 0) is 10.2 Å². The summed E-state index contributed by atoms with van der Waals surface area (Å²) in [6, 6.07) is 10.5. The van der Waals surface area contributed by atoms with Crippen molar-refractivity contribution in [1.29, 1.82) is 0 Å². The number of hydrogen-bond acceptors (Lipinski definition) is 2. The highest BCUT2D eigenvalue weighted by atomic mass is 16.5. The molecule has 0 aromatic heterocycles. The Morgan fingerprint density at radius 1 is 1.25 bits per heavy atom. The lowest BCUT2D eigenvalue weighted by Gasteiger charge is -2.38. The summed E-state index contributed by atoms with van der Waals surface area (Å²) in [4.78, 5) is 11.8. The van der Waals surface area contributed by atoms with Crippen LogP contribution in [0.15, 0.2) is 30.3 Å². The minimum atomic E-state index is -0.0956. The molecule has 0 aliphatic carbocycles. The van der Waals surface area contributed by atoms with Crippen LogP contribution >= 0.6 is 0 Å². The van der Waals surface area contributed by atoms with E-state index < -0.39 is 0 Å². The third-order valence-electron chi connectivity index (χ3n) is 3.84. The quantitative estimate of drug-likeness (QED) is 0.887. The molecule has 1 fully saturated rings. The van der Waals surface area contributed by atoms with Gasteiger partial charge in [0.1, 0.15) is 0 Å². The van der Waals surface area contributed by atoms with Crippen molar-refractivity contribution in [3.05, 3.63) is 35.9 Å². The number of rotatable bonds is 4. The fraction of sp³-hybridized carbons (Fsp3) is 0.562. The average Bonchev–Trinajstić information content (AvgIpc) is 2.46. The Bertz CT molecular complexity index is 425. The van der Waals surface area contributed by atoms with Crippen molar-refractivity contribution in [2.24, 2.45) is 0 Å². The number of hydrogen-bond donors (Lipinski definition) is 2. The lowest BCUT2D eigenvalue weighted by atomic mass is 9.74. The minimum Gasteiger partial charge on any atom is -0.381 e. The molecule has 0 radical (unpaired) electrons. The number of amides is 2. The van der Waals surface area contributed by atoms with Gasteiger partial charge in [0.15, 0.2) is 0 Å². The fourth-order valence-corrected chi connectivity index (χ4v) is 2.68. The monoisotopic (exact) mass is 276 g/mol. The molecule has 0 spiro atoms. The second-order valence-electron chi connectivity index (χ2n) is 5.74. The van der Waals surface area contributed by atoms with E-state index in [9.17, 15) is 4.79 Å². The third kappa shape index (κ3) is 3.73. The van der Waals surface area contributed by atoms with Gasteiger partial charge in [0, 0.05) is 31.2 Å². The summed E-state index contributed by atoms with van der Waals surface area (Å²) in [7, 11) is 0. The highest BCUT2D eigenvalue weighted by Gasteiger charge is 2.34. The molecule has 0 unspecified atom stereocenters. The first kappa shape index (κ1) is 14.9. The molecule has 2 rings (SSSR count). The summed E-state index contributed by atoms with van der Waals surface area (Å²) in [6.45, 7) is 6.08. The maximum atomic E-state index is 11.8. The van der Waals surface area contributed by atoms with E-state index >= 15 is 0 Å². The Hall–Kier alpha value is -1.55. The van der Waals surface area contributed by atoms with Crippen molar-refractivity contribution in [2.45, 2.75) is 38.1 Å². The molecule has 1 aromatic carbocycles. The van der Waals surface area contributed by atoms with Gasteiger partial charge in [-0.05, 0) is 32.3 Å². The van der Waals surface area contributed by atoms with E-state index in [1.807, 2.05) is 19.9 Å². The first-order valence-electron chi connectivity index (χ1n) is 7.30. The van der Waals surface area contributed by atoms with Gasteiger partial charge in [-0.1, -0.05) is 30.3 Å². The van der Waals surface area contributed by atoms with Crippen LogP contribution in [0.5, 0.6) is 0 Å². The molecule has 1 aliphatic rings. The van der Waals surface area contributed by atoms with Crippen LogP contribution in [0.25, 0.3) is 0 Å². The van der Waals surface area contributed by atoms with E-state index in [0.29, 0.717) is 6.54 Å². The highest BCUT2D eigenvalue weighted by molar-refractivity contribution is 5.74. The molecule has 110 valence electrons. The maximum Gasteiger partial charge on any atom is 0.315 e. The Labute approximate surface area is 120 Å². The van der Waals surface area contributed by atoms with Crippen molar-refractivity contribution in [1.82, 2.24) is 10.6 Å². The lowest BCUT2D eigenvalue weighted by molar-refractivity contribution is 0.0506. The smallest absolute Gasteiger partial charge is 0.315 e. The lowest BCUT2D eigenvalue weighted by Crippen LogP contribution is -2.48. The largest absolute Gasteiger partial charge is 0.381 e. The van der Waals surface area contributed by atoms with Crippen LogP contribution < -0.4 is 10.6 Å². The number of urea groups is 1. The second-order valence-corrected chi connectivity index (χ2v) is 5.74. The number of nitrogens with one attached hydrogen (secondary N) is 2. The number of ether oxygens (including phenoxy) is 1. The maximum absolute atomic E-state index is 11.8. The SMILES string of the molecule is CC(C)NC(=O)NCC1(c2ccccc2)CCOCC1. The summed E-state index contributed by atoms with van der Waals surface area (Å²) in [5.74, 6) is 0. The summed E-state index contributed by atoms with van der Waals surface area (Å²) in [5.41, 5.74) is 1.28. The van der Waals surface area contributed by atoms with Gasteiger partial charge in [0.05, 0.1) is 0 Å².